The van der Waals surface area contributed by atoms with Crippen molar-refractivity contribution in [3.05, 3.63) is 34.3 Å². The minimum absolute atomic E-state index is 0.558. The van der Waals surface area contributed by atoms with Gasteiger partial charge in [0.05, 0.1) is 0 Å². The third-order valence-corrected chi connectivity index (χ3v) is 4.19. The summed E-state index contributed by atoms with van der Waals surface area (Å²) in [5.74, 6) is -0.210. The predicted octanol–water partition coefficient (Wildman–Crippen LogP) is 3.78. The number of carboxylic acid groups (broad SMARTS) is 1. The lowest BCUT2D eigenvalue weighted by Gasteiger charge is -2.24. The first-order valence-corrected chi connectivity index (χ1v) is 7.24. The molecule has 1 N–H and O–H groups in total. The molecule has 0 bridgehead atoms. The Bertz CT molecular complexity index is 513. The van der Waals surface area contributed by atoms with Gasteiger partial charge in [0.1, 0.15) is 0 Å². The summed E-state index contributed by atoms with van der Waals surface area (Å²) in [6, 6.07) is 6.63. The molecular weight excluding hydrogens is 306 g/mol. The van der Waals surface area contributed by atoms with E-state index < -0.39 is 5.97 Å². The summed E-state index contributed by atoms with van der Waals surface area (Å²) in [5, 5.41) is 8.65. The second-order valence-corrected chi connectivity index (χ2v) is 6.07. The molecule has 4 heteroatoms. The Labute approximate surface area is 122 Å². The average molecular weight is 324 g/mol. The highest BCUT2D eigenvalue weighted by Gasteiger charge is 2.26. The fourth-order valence-corrected chi connectivity index (χ4v) is 3.15. The number of hydrogen-bond donors (Lipinski definition) is 1. The highest BCUT2D eigenvalue weighted by molar-refractivity contribution is 9.10. The maximum Gasteiger partial charge on any atom is 0.328 e. The quantitative estimate of drug-likeness (QED) is 0.860. The Morgan fingerprint density at radius 1 is 1.47 bits per heavy atom. The van der Waals surface area contributed by atoms with Crippen LogP contribution in [0.3, 0.4) is 0 Å². The molecule has 1 aromatic rings. The molecule has 2 rings (SSSR count). The van der Waals surface area contributed by atoms with Crippen LogP contribution in [0.2, 0.25) is 0 Å². The van der Waals surface area contributed by atoms with E-state index in [2.05, 4.69) is 46.8 Å². The maximum atomic E-state index is 10.5. The van der Waals surface area contributed by atoms with Crippen molar-refractivity contribution in [2.45, 2.75) is 26.3 Å². The van der Waals surface area contributed by atoms with Crippen molar-refractivity contribution >= 4 is 33.7 Å². The highest BCUT2D eigenvalue weighted by atomic mass is 79.9. The maximum absolute atomic E-state index is 10.5. The largest absolute Gasteiger partial charge is 0.478 e. The van der Waals surface area contributed by atoms with Crippen LogP contribution in [0.15, 0.2) is 28.7 Å². The summed E-state index contributed by atoms with van der Waals surface area (Å²) in [5.41, 5.74) is 2.07. The van der Waals surface area contributed by atoms with Crippen molar-refractivity contribution < 1.29 is 9.90 Å². The minimum Gasteiger partial charge on any atom is -0.478 e. The molecule has 0 amide bonds. The van der Waals surface area contributed by atoms with Gasteiger partial charge >= 0.3 is 5.97 Å². The number of carbonyl (C=O) groups is 1. The Balaban J connectivity index is 2.21. The Hall–Kier alpha value is -1.29. The molecule has 1 aliphatic heterocycles. The van der Waals surface area contributed by atoms with Crippen molar-refractivity contribution in [2.75, 3.05) is 11.4 Å². The molecule has 0 aliphatic carbocycles. The van der Waals surface area contributed by atoms with Gasteiger partial charge in [-0.05, 0) is 43.0 Å². The fourth-order valence-electron chi connectivity index (χ4n) is 2.65. The molecule has 2 atom stereocenters. The molecule has 3 nitrogen and oxygen atoms in total. The lowest BCUT2D eigenvalue weighted by molar-refractivity contribution is -0.131. The molecule has 102 valence electrons. The first-order valence-electron chi connectivity index (χ1n) is 6.44. The third kappa shape index (κ3) is 3.38. The van der Waals surface area contributed by atoms with Crippen LogP contribution in [0, 0.1) is 5.92 Å². The molecule has 0 radical (unpaired) electrons. The first-order chi connectivity index (χ1) is 8.97. The number of carboxylic acids is 1. The van der Waals surface area contributed by atoms with Crippen molar-refractivity contribution in [1.82, 2.24) is 0 Å². The van der Waals surface area contributed by atoms with Gasteiger partial charge in [-0.3, -0.25) is 0 Å². The van der Waals surface area contributed by atoms with Crippen molar-refractivity contribution in [2.24, 2.45) is 5.92 Å². The van der Waals surface area contributed by atoms with Crippen LogP contribution in [0.1, 0.15) is 25.8 Å². The van der Waals surface area contributed by atoms with E-state index in [1.54, 1.807) is 6.08 Å². The zero-order chi connectivity index (χ0) is 14.0. The predicted molar refractivity (Wildman–Crippen MR) is 81.4 cm³/mol. The molecule has 0 spiro atoms. The molecule has 1 saturated heterocycles. The molecule has 1 fully saturated rings. The van der Waals surface area contributed by atoms with Gasteiger partial charge in [0.15, 0.2) is 0 Å². The Morgan fingerprint density at radius 2 is 2.21 bits per heavy atom. The van der Waals surface area contributed by atoms with Gasteiger partial charge in [-0.2, -0.15) is 0 Å². The molecule has 0 aromatic heterocycles. The lowest BCUT2D eigenvalue weighted by Crippen LogP contribution is -2.26. The van der Waals surface area contributed by atoms with E-state index in [9.17, 15) is 4.79 Å². The van der Waals surface area contributed by atoms with Gasteiger partial charge in [-0.15, -0.1) is 0 Å². The van der Waals surface area contributed by atoms with E-state index in [1.807, 2.05) is 6.07 Å². The second kappa shape index (κ2) is 5.78. The van der Waals surface area contributed by atoms with Crippen LogP contribution in [-0.4, -0.2) is 23.7 Å². The minimum atomic E-state index is -0.932. The molecule has 2 unspecified atom stereocenters. The zero-order valence-corrected chi connectivity index (χ0v) is 12.7. The normalized spacial score (nSPS) is 23.2. The number of hydrogen-bond acceptors (Lipinski definition) is 2. The number of anilines is 1. The van der Waals surface area contributed by atoms with Crippen molar-refractivity contribution in [3.63, 3.8) is 0 Å². The molecule has 0 saturated carbocycles. The number of halogens is 1. The average Bonchev–Trinajstić information content (AvgIpc) is 2.66. The topological polar surface area (TPSA) is 40.5 Å². The van der Waals surface area contributed by atoms with Crippen molar-refractivity contribution in [1.29, 1.82) is 0 Å². The standard InChI is InChI=1S/C15H18BrNO2/c1-10-7-11(2)17(9-10)13-5-3-12(14(16)8-13)4-6-15(18)19/h3-6,8,10-11H,7,9H2,1-2H3,(H,18,19)/b6-4+. The van der Waals surface area contributed by atoms with Crippen LogP contribution in [0.5, 0.6) is 0 Å². The van der Waals surface area contributed by atoms with E-state index in [0.29, 0.717) is 6.04 Å². The molecule has 1 heterocycles. The van der Waals surface area contributed by atoms with E-state index in [1.165, 1.54) is 12.1 Å². The van der Waals surface area contributed by atoms with E-state index in [4.69, 9.17) is 5.11 Å². The van der Waals surface area contributed by atoms with E-state index >= 15 is 0 Å². The summed E-state index contributed by atoms with van der Waals surface area (Å²) >= 11 is 3.51. The van der Waals surface area contributed by atoms with Gasteiger partial charge in [-0.25, -0.2) is 4.79 Å². The lowest BCUT2D eigenvalue weighted by atomic mass is 10.1. The molecule has 19 heavy (non-hydrogen) atoms. The number of nitrogens with zero attached hydrogens (tertiary/aromatic N) is 1. The van der Waals surface area contributed by atoms with Gasteiger partial charge in [0.2, 0.25) is 0 Å². The summed E-state index contributed by atoms with van der Waals surface area (Å²) in [7, 11) is 0. The second-order valence-electron chi connectivity index (χ2n) is 5.22. The number of aliphatic carboxylic acids is 1. The smallest absolute Gasteiger partial charge is 0.328 e. The monoisotopic (exact) mass is 323 g/mol. The van der Waals surface area contributed by atoms with Crippen LogP contribution in [0.25, 0.3) is 6.08 Å². The van der Waals surface area contributed by atoms with Crippen LogP contribution in [0.4, 0.5) is 5.69 Å². The summed E-state index contributed by atoms with van der Waals surface area (Å²) < 4.78 is 0.925. The van der Waals surface area contributed by atoms with E-state index in [0.717, 1.165) is 28.6 Å². The molecule has 1 aliphatic rings. The first kappa shape index (κ1) is 14.1. The van der Waals surface area contributed by atoms with Gasteiger partial charge in [-0.1, -0.05) is 28.9 Å². The summed E-state index contributed by atoms with van der Waals surface area (Å²) in [6.45, 7) is 5.60. The Morgan fingerprint density at radius 3 is 2.74 bits per heavy atom. The van der Waals surface area contributed by atoms with Gasteiger partial charge < -0.3 is 10.0 Å². The van der Waals surface area contributed by atoms with Gasteiger partial charge in [0.25, 0.3) is 0 Å². The van der Waals surface area contributed by atoms with Gasteiger partial charge in [0, 0.05) is 28.8 Å². The van der Waals surface area contributed by atoms with E-state index in [-0.39, 0.29) is 0 Å². The molecular formula is C15H18BrNO2. The van der Waals surface area contributed by atoms with Crippen LogP contribution in [-0.2, 0) is 4.79 Å². The SMILES string of the molecule is CC1CC(C)N(c2ccc(/C=C/C(=O)O)c(Br)c2)C1. The molecule has 1 aromatic carbocycles. The number of rotatable bonds is 3. The fraction of sp³-hybridized carbons (Fsp3) is 0.400. The summed E-state index contributed by atoms with van der Waals surface area (Å²) in [4.78, 5) is 12.9. The van der Waals surface area contributed by atoms with Crippen molar-refractivity contribution in [3.8, 4) is 0 Å². The third-order valence-electron chi connectivity index (χ3n) is 3.51. The highest BCUT2D eigenvalue weighted by Crippen LogP contribution is 2.32. The van der Waals surface area contributed by atoms with Crippen LogP contribution < -0.4 is 4.90 Å². The summed E-state index contributed by atoms with van der Waals surface area (Å²) in [6.07, 6.45) is 3.98. The number of benzene rings is 1. The zero-order valence-electron chi connectivity index (χ0n) is 11.1. The van der Waals surface area contributed by atoms with Crippen LogP contribution >= 0.6 is 15.9 Å². The Kier molecular flexibility index (Phi) is 4.30.